The summed E-state index contributed by atoms with van der Waals surface area (Å²) in [6.45, 7) is 11.6. The maximum absolute atomic E-state index is 13.3. The van der Waals surface area contributed by atoms with Crippen molar-refractivity contribution in [2.75, 3.05) is 78.7 Å². The van der Waals surface area contributed by atoms with E-state index < -0.39 is 0 Å². The number of urea groups is 1. The normalized spacial score (nSPS) is 28.2. The van der Waals surface area contributed by atoms with E-state index in [1.165, 1.54) is 37.8 Å². The maximum atomic E-state index is 13.3. The molecule has 2 amide bonds. The van der Waals surface area contributed by atoms with E-state index in [2.05, 4.69) is 25.3 Å². The molecule has 37 heavy (non-hydrogen) atoms. The van der Waals surface area contributed by atoms with Crippen LogP contribution in [0.1, 0.15) is 37.7 Å². The highest BCUT2D eigenvalue weighted by molar-refractivity contribution is 5.74. The van der Waals surface area contributed by atoms with Gasteiger partial charge in [-0.15, -0.1) is 0 Å². The molecule has 0 aromatic heterocycles. The van der Waals surface area contributed by atoms with Crippen molar-refractivity contribution in [1.82, 2.24) is 25.3 Å². The molecule has 4 fully saturated rings. The molecule has 0 unspecified atom stereocenters. The number of piperidine rings is 2. The van der Waals surface area contributed by atoms with Crippen molar-refractivity contribution in [2.24, 2.45) is 17.8 Å². The number of carbonyl (C=O) groups excluding carboxylic acids is 1. The van der Waals surface area contributed by atoms with Crippen molar-refractivity contribution in [3.05, 3.63) is 35.6 Å². The molecule has 2 N–H and O–H groups in total. The molecular formula is C29H46FN5O2. The summed E-state index contributed by atoms with van der Waals surface area (Å²) >= 11 is 0. The Hall–Kier alpha value is -1.74. The molecule has 1 aromatic carbocycles. The number of amides is 2. The van der Waals surface area contributed by atoms with Gasteiger partial charge < -0.3 is 25.2 Å². The van der Waals surface area contributed by atoms with Gasteiger partial charge in [-0.1, -0.05) is 12.1 Å². The molecule has 3 saturated heterocycles. The second-order valence-electron chi connectivity index (χ2n) is 11.8. The van der Waals surface area contributed by atoms with Gasteiger partial charge in [0.25, 0.3) is 0 Å². The number of likely N-dealkylation sites (tertiary alicyclic amines) is 2. The van der Waals surface area contributed by atoms with Crippen molar-refractivity contribution in [1.29, 1.82) is 0 Å². The number of halogens is 1. The van der Waals surface area contributed by atoms with Gasteiger partial charge in [-0.2, -0.15) is 0 Å². The third-order valence-corrected chi connectivity index (χ3v) is 8.72. The summed E-state index contributed by atoms with van der Waals surface area (Å²) < 4.78 is 18.7. The molecule has 0 radical (unpaired) electrons. The summed E-state index contributed by atoms with van der Waals surface area (Å²) in [4.78, 5) is 20.4. The third-order valence-electron chi connectivity index (χ3n) is 8.72. The summed E-state index contributed by atoms with van der Waals surface area (Å²) in [7, 11) is 0. The fourth-order valence-corrected chi connectivity index (χ4v) is 6.42. The van der Waals surface area contributed by atoms with Crippen LogP contribution < -0.4 is 10.6 Å². The van der Waals surface area contributed by atoms with Crippen LogP contribution in [-0.2, 0) is 11.2 Å². The highest BCUT2D eigenvalue weighted by Gasteiger charge is 2.35. The number of benzene rings is 1. The number of nitrogens with zero attached hydrogens (tertiary/aromatic N) is 3. The molecule has 5 rings (SSSR count). The van der Waals surface area contributed by atoms with Crippen LogP contribution in [0.15, 0.2) is 24.3 Å². The molecule has 3 atom stereocenters. The number of morpholine rings is 1. The van der Waals surface area contributed by atoms with Gasteiger partial charge in [0.05, 0.1) is 13.2 Å². The molecule has 0 bridgehead atoms. The second kappa shape index (κ2) is 13.4. The zero-order valence-electron chi connectivity index (χ0n) is 22.4. The summed E-state index contributed by atoms with van der Waals surface area (Å²) in [5, 5.41) is 6.50. The average Bonchev–Trinajstić information content (AvgIpc) is 3.72. The van der Waals surface area contributed by atoms with Gasteiger partial charge in [0, 0.05) is 58.4 Å². The number of nitrogens with one attached hydrogen (secondary N) is 2. The topological polar surface area (TPSA) is 60.1 Å². The van der Waals surface area contributed by atoms with E-state index in [-0.39, 0.29) is 17.9 Å². The lowest BCUT2D eigenvalue weighted by Gasteiger charge is -2.42. The Morgan fingerprint density at radius 2 is 1.68 bits per heavy atom. The van der Waals surface area contributed by atoms with E-state index >= 15 is 0 Å². The second-order valence-corrected chi connectivity index (χ2v) is 11.8. The van der Waals surface area contributed by atoms with Crippen molar-refractivity contribution in [2.45, 2.75) is 44.6 Å². The van der Waals surface area contributed by atoms with Crippen LogP contribution in [-0.4, -0.2) is 105 Å². The largest absolute Gasteiger partial charge is 0.379 e. The summed E-state index contributed by atoms with van der Waals surface area (Å²) in [5.74, 6) is 1.80. The Balaban J connectivity index is 1.12. The van der Waals surface area contributed by atoms with E-state index in [9.17, 15) is 9.18 Å². The fraction of sp³-hybridized carbons (Fsp3) is 0.759. The number of ether oxygens (including phenoxy) is 1. The smallest absolute Gasteiger partial charge is 0.315 e. The van der Waals surface area contributed by atoms with Crippen LogP contribution in [0.4, 0.5) is 9.18 Å². The minimum absolute atomic E-state index is 0.0237. The highest BCUT2D eigenvalue weighted by atomic mass is 19.1. The van der Waals surface area contributed by atoms with Gasteiger partial charge in [-0.25, -0.2) is 9.18 Å². The number of hydrogen-bond donors (Lipinski definition) is 2. The molecule has 1 saturated carbocycles. The molecule has 3 aliphatic heterocycles. The number of rotatable bonds is 10. The number of carbonyl (C=O) groups is 1. The van der Waals surface area contributed by atoms with E-state index in [0.29, 0.717) is 18.4 Å². The number of hydrogen-bond acceptors (Lipinski definition) is 5. The first-order valence-electron chi connectivity index (χ1n) is 14.6. The molecule has 7 nitrogen and oxygen atoms in total. The predicted octanol–water partition coefficient (Wildman–Crippen LogP) is 2.81. The molecule has 3 heterocycles. The summed E-state index contributed by atoms with van der Waals surface area (Å²) in [5.41, 5.74) is 1.23. The Labute approximate surface area is 222 Å². The van der Waals surface area contributed by atoms with Crippen LogP contribution in [0, 0.1) is 23.6 Å². The first-order chi connectivity index (χ1) is 18.1. The molecule has 0 spiro atoms. The Kier molecular flexibility index (Phi) is 9.70. The van der Waals surface area contributed by atoms with E-state index in [0.717, 1.165) is 84.3 Å². The van der Waals surface area contributed by atoms with Crippen molar-refractivity contribution in [3.63, 3.8) is 0 Å². The first kappa shape index (κ1) is 26.9. The lowest BCUT2D eigenvalue weighted by Crippen LogP contribution is -2.58. The molecule has 1 aromatic rings. The van der Waals surface area contributed by atoms with Crippen LogP contribution in [0.3, 0.4) is 0 Å². The highest BCUT2D eigenvalue weighted by Crippen LogP contribution is 2.32. The van der Waals surface area contributed by atoms with Gasteiger partial charge >= 0.3 is 6.03 Å². The lowest BCUT2D eigenvalue weighted by atomic mass is 9.87. The van der Waals surface area contributed by atoms with Gasteiger partial charge in [-0.05, 0) is 87.1 Å². The molecule has 1 aliphatic carbocycles. The molecule has 8 heteroatoms. The van der Waals surface area contributed by atoms with Gasteiger partial charge in [0.15, 0.2) is 0 Å². The van der Waals surface area contributed by atoms with Crippen LogP contribution in [0.25, 0.3) is 0 Å². The molecular weight excluding hydrogens is 469 g/mol. The third kappa shape index (κ3) is 8.63. The van der Waals surface area contributed by atoms with E-state index in [4.69, 9.17) is 4.74 Å². The zero-order valence-corrected chi connectivity index (χ0v) is 22.4. The van der Waals surface area contributed by atoms with Crippen LogP contribution in [0.5, 0.6) is 0 Å². The zero-order chi connectivity index (χ0) is 25.5. The predicted molar refractivity (Wildman–Crippen MR) is 144 cm³/mol. The molecule has 4 aliphatic rings. The first-order valence-corrected chi connectivity index (χ1v) is 14.6. The van der Waals surface area contributed by atoms with Gasteiger partial charge in [-0.3, -0.25) is 4.90 Å². The van der Waals surface area contributed by atoms with Crippen molar-refractivity contribution < 1.29 is 13.9 Å². The Morgan fingerprint density at radius 3 is 2.46 bits per heavy atom. The minimum Gasteiger partial charge on any atom is -0.379 e. The monoisotopic (exact) mass is 515 g/mol. The molecule has 206 valence electrons. The SMILES string of the molecule is O=C(NCCN1CCOCC1)N[C@H]1CN(CC2CC2)CC[C@H]1CN1CCC[C@@H](Cc2ccc(F)cc2)C1. The van der Waals surface area contributed by atoms with Crippen LogP contribution >= 0.6 is 0 Å². The summed E-state index contributed by atoms with van der Waals surface area (Å²) in [6, 6.07) is 7.18. The van der Waals surface area contributed by atoms with Gasteiger partial charge in [0.1, 0.15) is 5.82 Å². The summed E-state index contributed by atoms with van der Waals surface area (Å²) in [6.07, 6.45) is 7.34. The van der Waals surface area contributed by atoms with E-state index in [1.54, 1.807) is 12.1 Å². The fourth-order valence-electron chi connectivity index (χ4n) is 6.42. The quantitative estimate of drug-likeness (QED) is 0.502. The Morgan fingerprint density at radius 1 is 0.892 bits per heavy atom. The van der Waals surface area contributed by atoms with Crippen molar-refractivity contribution in [3.8, 4) is 0 Å². The van der Waals surface area contributed by atoms with Crippen molar-refractivity contribution >= 4 is 6.03 Å². The van der Waals surface area contributed by atoms with Crippen LogP contribution in [0.2, 0.25) is 0 Å². The lowest BCUT2D eigenvalue weighted by molar-refractivity contribution is 0.0386. The maximum Gasteiger partial charge on any atom is 0.315 e. The standard InChI is InChI=1S/C29H46FN5O2/c30-27-7-5-23(6-8-27)18-25-2-1-11-34(20-25)21-26-9-12-35(19-24-3-4-24)22-28(26)32-29(36)31-10-13-33-14-16-37-17-15-33/h5-8,24-26,28H,1-4,9-22H2,(H2,31,32,36)/t25-,26-,28-/m0/s1. The Bertz CT molecular complexity index is 845. The van der Waals surface area contributed by atoms with E-state index in [1.807, 2.05) is 12.1 Å². The minimum atomic E-state index is -0.161. The average molecular weight is 516 g/mol. The van der Waals surface area contributed by atoms with Gasteiger partial charge in [0.2, 0.25) is 0 Å².